The van der Waals surface area contributed by atoms with Crippen molar-refractivity contribution in [3.63, 3.8) is 0 Å². The molecule has 0 bridgehead atoms. The molecule has 1 aromatic rings. The van der Waals surface area contributed by atoms with Gasteiger partial charge in [0.15, 0.2) is 5.78 Å². The van der Waals surface area contributed by atoms with Gasteiger partial charge in [-0.25, -0.2) is 0 Å². The number of likely N-dealkylation sites (N-methyl/N-ethyl adjacent to an activating group) is 1. The molecule has 0 aliphatic heterocycles. The van der Waals surface area contributed by atoms with Crippen LogP contribution in [0.5, 0.6) is 0 Å². The van der Waals surface area contributed by atoms with Crippen LogP contribution in [0.2, 0.25) is 0 Å². The van der Waals surface area contributed by atoms with Crippen LogP contribution in [0, 0.1) is 3.57 Å². The Morgan fingerprint density at radius 1 is 1.31 bits per heavy atom. The molecule has 1 atom stereocenters. The molecule has 0 saturated carbocycles. The topological polar surface area (TPSA) is 20.3 Å². The maximum Gasteiger partial charge on any atom is 0.193 e. The Morgan fingerprint density at radius 3 is 2.19 bits per heavy atom. The first kappa shape index (κ1) is 14.4. The van der Waals surface area contributed by atoms with Gasteiger partial charge in [-0.3, -0.25) is 9.69 Å². The summed E-state index contributed by atoms with van der Waals surface area (Å²) in [6.45, 7) is 2.04. The number of carbonyl (C=O) groups is 1. The van der Waals surface area contributed by atoms with E-state index in [4.69, 9.17) is 0 Å². The minimum atomic E-state index is -0.440. The lowest BCUT2D eigenvalue weighted by Crippen LogP contribution is -2.45. The summed E-state index contributed by atoms with van der Waals surface area (Å²) in [6.07, 6.45) is 0.797. The molecule has 88 valence electrons. The van der Waals surface area contributed by atoms with Crippen LogP contribution in [0.1, 0.15) is 23.7 Å². The van der Waals surface area contributed by atoms with Crippen LogP contribution >= 0.6 is 45.2 Å². The molecule has 0 spiro atoms. The van der Waals surface area contributed by atoms with Gasteiger partial charge in [-0.15, -0.1) is 0 Å². The van der Waals surface area contributed by atoms with Crippen molar-refractivity contribution in [2.24, 2.45) is 0 Å². The molecule has 0 fully saturated rings. The third-order valence-corrected chi connectivity index (χ3v) is 5.57. The molecule has 0 aromatic heterocycles. The number of hydrogen-bond acceptors (Lipinski definition) is 2. The van der Waals surface area contributed by atoms with Gasteiger partial charge in [-0.1, -0.05) is 41.6 Å². The van der Waals surface area contributed by atoms with Crippen molar-refractivity contribution in [1.82, 2.24) is 4.90 Å². The number of halogens is 2. The molecule has 0 saturated heterocycles. The second-order valence-corrected chi connectivity index (χ2v) is 6.87. The average molecular weight is 443 g/mol. The third kappa shape index (κ3) is 2.95. The molecule has 0 aliphatic carbocycles. The zero-order chi connectivity index (χ0) is 12.3. The fraction of sp³-hybridized carbons (Fsp3) is 0.417. The molecule has 4 heteroatoms. The Kier molecular flexibility index (Phi) is 5.18. The molecule has 1 rings (SSSR count). The highest BCUT2D eigenvalue weighted by Crippen LogP contribution is 2.30. The summed E-state index contributed by atoms with van der Waals surface area (Å²) in [4.78, 5) is 14.4. The monoisotopic (exact) mass is 443 g/mol. The zero-order valence-corrected chi connectivity index (χ0v) is 13.9. The van der Waals surface area contributed by atoms with Gasteiger partial charge < -0.3 is 0 Å². The van der Waals surface area contributed by atoms with E-state index in [1.54, 1.807) is 0 Å². The van der Waals surface area contributed by atoms with Crippen LogP contribution in [0.4, 0.5) is 0 Å². The molecule has 0 heterocycles. The quantitative estimate of drug-likeness (QED) is 0.307. The van der Waals surface area contributed by atoms with Gasteiger partial charge in [-0.2, -0.15) is 0 Å². The fourth-order valence-electron chi connectivity index (χ4n) is 1.50. The lowest BCUT2D eigenvalue weighted by molar-refractivity contribution is 0.0852. The summed E-state index contributed by atoms with van der Waals surface area (Å²) in [6, 6.07) is 7.74. The predicted octanol–water partition coefficient (Wildman–Crippen LogP) is 3.58. The molecule has 16 heavy (non-hydrogen) atoms. The van der Waals surface area contributed by atoms with Crippen molar-refractivity contribution >= 4 is 51.0 Å². The summed E-state index contributed by atoms with van der Waals surface area (Å²) >= 11 is 4.48. The summed E-state index contributed by atoms with van der Waals surface area (Å²) in [5.74, 6) is 0.178. The Morgan fingerprint density at radius 2 is 1.81 bits per heavy atom. The largest absolute Gasteiger partial charge is 0.291 e. The maximum absolute atomic E-state index is 12.4. The number of rotatable bonds is 4. The van der Waals surface area contributed by atoms with Crippen molar-refractivity contribution in [2.75, 3.05) is 14.1 Å². The van der Waals surface area contributed by atoms with Crippen LogP contribution in [-0.4, -0.2) is 28.3 Å². The van der Waals surface area contributed by atoms with Crippen LogP contribution in [-0.2, 0) is 0 Å². The average Bonchev–Trinajstić information content (AvgIpc) is 2.27. The number of Topliss-reactive ketones (excluding diaryl/α,β-unsaturated/α-hetero) is 1. The molecule has 1 aromatic carbocycles. The van der Waals surface area contributed by atoms with E-state index < -0.39 is 3.55 Å². The van der Waals surface area contributed by atoms with E-state index in [9.17, 15) is 4.79 Å². The second-order valence-electron chi connectivity index (χ2n) is 3.84. The minimum absolute atomic E-state index is 0.178. The van der Waals surface area contributed by atoms with Crippen molar-refractivity contribution in [1.29, 1.82) is 0 Å². The minimum Gasteiger partial charge on any atom is -0.291 e. The number of alkyl halides is 1. The molecule has 0 radical (unpaired) electrons. The van der Waals surface area contributed by atoms with Crippen molar-refractivity contribution in [3.8, 4) is 0 Å². The second kappa shape index (κ2) is 5.77. The number of hydrogen-bond donors (Lipinski definition) is 0. The third-order valence-electron chi connectivity index (χ3n) is 2.63. The molecule has 1 unspecified atom stereocenters. The maximum atomic E-state index is 12.4. The summed E-state index contributed by atoms with van der Waals surface area (Å²) in [5.41, 5.74) is 0.783. The Bertz CT molecular complexity index is 375. The first-order chi connectivity index (χ1) is 7.41. The van der Waals surface area contributed by atoms with E-state index in [0.29, 0.717) is 0 Å². The smallest absolute Gasteiger partial charge is 0.193 e. The number of ketones is 1. The first-order valence-electron chi connectivity index (χ1n) is 5.08. The number of carbonyl (C=O) groups excluding carboxylic acids is 1. The first-order valence-corrected chi connectivity index (χ1v) is 7.24. The lowest BCUT2D eigenvalue weighted by atomic mass is 10.0. The van der Waals surface area contributed by atoms with Gasteiger partial charge in [0, 0.05) is 9.13 Å². The van der Waals surface area contributed by atoms with Crippen molar-refractivity contribution in [3.05, 3.63) is 33.4 Å². The van der Waals surface area contributed by atoms with E-state index in [2.05, 4.69) is 45.2 Å². The van der Waals surface area contributed by atoms with Crippen LogP contribution < -0.4 is 0 Å². The van der Waals surface area contributed by atoms with E-state index >= 15 is 0 Å². The number of benzene rings is 1. The van der Waals surface area contributed by atoms with Crippen LogP contribution in [0.25, 0.3) is 0 Å². The van der Waals surface area contributed by atoms with Gasteiger partial charge in [0.1, 0.15) is 3.55 Å². The molecule has 0 aliphatic rings. The highest BCUT2D eigenvalue weighted by atomic mass is 127. The van der Waals surface area contributed by atoms with E-state index in [-0.39, 0.29) is 5.78 Å². The summed E-state index contributed by atoms with van der Waals surface area (Å²) in [5, 5.41) is 0. The van der Waals surface area contributed by atoms with Gasteiger partial charge in [0.25, 0.3) is 0 Å². The molecule has 0 amide bonds. The van der Waals surface area contributed by atoms with Gasteiger partial charge in [0.05, 0.1) is 0 Å². The van der Waals surface area contributed by atoms with Crippen molar-refractivity contribution < 1.29 is 4.79 Å². The Labute approximate surface area is 124 Å². The molecular weight excluding hydrogens is 428 g/mol. The number of nitrogens with zero attached hydrogens (tertiary/aromatic N) is 1. The van der Waals surface area contributed by atoms with Crippen LogP contribution in [0.3, 0.4) is 0 Å². The lowest BCUT2D eigenvalue weighted by Gasteiger charge is -2.32. The van der Waals surface area contributed by atoms with Gasteiger partial charge in [-0.05, 0) is 55.2 Å². The predicted molar refractivity (Wildman–Crippen MR) is 84.2 cm³/mol. The highest BCUT2D eigenvalue weighted by Gasteiger charge is 2.36. The fourth-order valence-corrected chi connectivity index (χ4v) is 2.17. The van der Waals surface area contributed by atoms with E-state index in [1.165, 1.54) is 0 Å². The zero-order valence-electron chi connectivity index (χ0n) is 9.63. The Hall–Kier alpha value is 0.310. The molecular formula is C12H15I2NO. The molecule has 0 N–H and O–H groups in total. The standard InChI is InChI=1S/C12H15I2NO/c1-4-12(14,15(2)3)11(16)9-5-7-10(13)8-6-9/h5-8H,4H2,1-3H3. The van der Waals surface area contributed by atoms with Crippen molar-refractivity contribution in [2.45, 2.75) is 16.9 Å². The van der Waals surface area contributed by atoms with Crippen LogP contribution in [0.15, 0.2) is 24.3 Å². The Balaban J connectivity index is 3.05. The normalized spacial score (nSPS) is 14.9. The SMILES string of the molecule is CCC(I)(C(=O)c1ccc(I)cc1)N(C)C. The highest BCUT2D eigenvalue weighted by molar-refractivity contribution is 14.1. The van der Waals surface area contributed by atoms with Gasteiger partial charge >= 0.3 is 0 Å². The molecule has 2 nitrogen and oxygen atoms in total. The van der Waals surface area contributed by atoms with Gasteiger partial charge in [0.2, 0.25) is 0 Å². The summed E-state index contributed by atoms with van der Waals surface area (Å²) in [7, 11) is 3.89. The summed E-state index contributed by atoms with van der Waals surface area (Å²) < 4.78 is 0.708. The van der Waals surface area contributed by atoms with E-state index in [1.807, 2.05) is 50.2 Å². The van der Waals surface area contributed by atoms with E-state index in [0.717, 1.165) is 15.6 Å².